The van der Waals surface area contributed by atoms with Crippen LogP contribution in [0, 0.1) is 0 Å². The van der Waals surface area contributed by atoms with Gasteiger partial charge >= 0.3 is 0 Å². The molecule has 0 radical (unpaired) electrons. The Hall–Kier alpha value is -3.18. The standard InChI is InChI=1S/C29H31ClN4O4S2/c1-37-24-13-11-23(28(16-24)38-2)19-34(29-31-20-32-39-29)40(35,36)25-14-12-22(26(30)17-25)18-33-15-7-6-10-27(33)21-8-4-3-5-9-21/h3-5,8-9,11-14,16-17,20,27H,6-7,10,15,18-19H2,1-2H3. The number of rotatable bonds is 10. The van der Waals surface area contributed by atoms with E-state index in [2.05, 4.69) is 38.5 Å². The van der Waals surface area contributed by atoms with Gasteiger partial charge < -0.3 is 9.47 Å². The fourth-order valence-corrected chi connectivity index (χ4v) is 7.53. The number of ether oxygens (including phenoxy) is 2. The lowest BCUT2D eigenvalue weighted by Gasteiger charge is -2.36. The zero-order chi connectivity index (χ0) is 28.1. The molecule has 4 aromatic rings. The fraction of sp³-hybridized carbons (Fsp3) is 0.310. The lowest BCUT2D eigenvalue weighted by atomic mass is 9.94. The summed E-state index contributed by atoms with van der Waals surface area (Å²) in [6.45, 7) is 1.60. The molecule has 40 heavy (non-hydrogen) atoms. The molecular formula is C29H31ClN4O4S2. The van der Waals surface area contributed by atoms with Crippen LogP contribution in [-0.2, 0) is 23.1 Å². The van der Waals surface area contributed by atoms with E-state index in [-0.39, 0.29) is 16.6 Å². The summed E-state index contributed by atoms with van der Waals surface area (Å²) in [7, 11) is -0.937. The van der Waals surface area contributed by atoms with Crippen LogP contribution in [0.2, 0.25) is 5.02 Å². The third-order valence-corrected chi connectivity index (χ3v) is 10.0. The van der Waals surface area contributed by atoms with Crippen LogP contribution in [0.25, 0.3) is 0 Å². The number of sulfonamides is 1. The second-order valence-corrected chi connectivity index (χ2v) is 12.6. The average Bonchev–Trinajstić information content (AvgIpc) is 3.52. The summed E-state index contributed by atoms with van der Waals surface area (Å²) in [6, 6.07) is 21.0. The molecule has 1 aliphatic heterocycles. The van der Waals surface area contributed by atoms with Crippen LogP contribution in [0.15, 0.2) is 78.0 Å². The van der Waals surface area contributed by atoms with E-state index in [4.69, 9.17) is 21.1 Å². The summed E-state index contributed by atoms with van der Waals surface area (Å²) >= 11 is 7.75. The van der Waals surface area contributed by atoms with Crippen molar-refractivity contribution < 1.29 is 17.9 Å². The fourth-order valence-electron chi connectivity index (χ4n) is 5.07. The van der Waals surface area contributed by atoms with E-state index in [1.165, 1.54) is 35.8 Å². The predicted molar refractivity (Wildman–Crippen MR) is 158 cm³/mol. The maximum atomic E-state index is 14.0. The third kappa shape index (κ3) is 6.10. The predicted octanol–water partition coefficient (Wildman–Crippen LogP) is 6.33. The Morgan fingerprint density at radius 3 is 2.52 bits per heavy atom. The normalized spacial score (nSPS) is 16.0. The molecule has 210 valence electrons. The Morgan fingerprint density at radius 1 is 1.02 bits per heavy atom. The Balaban J connectivity index is 1.42. The van der Waals surface area contributed by atoms with Crippen molar-refractivity contribution in [2.75, 3.05) is 25.1 Å². The lowest BCUT2D eigenvalue weighted by molar-refractivity contribution is 0.140. The van der Waals surface area contributed by atoms with Crippen LogP contribution >= 0.6 is 23.1 Å². The monoisotopic (exact) mass is 598 g/mol. The quantitative estimate of drug-likeness (QED) is 0.211. The van der Waals surface area contributed by atoms with Gasteiger partial charge in [-0.15, -0.1) is 0 Å². The number of piperidine rings is 1. The minimum absolute atomic E-state index is 0.00337. The summed E-state index contributed by atoms with van der Waals surface area (Å²) in [6.07, 6.45) is 4.73. The summed E-state index contributed by atoms with van der Waals surface area (Å²) in [4.78, 5) is 6.71. The van der Waals surface area contributed by atoms with E-state index in [0.29, 0.717) is 34.7 Å². The first-order chi connectivity index (χ1) is 19.4. The summed E-state index contributed by atoms with van der Waals surface area (Å²) in [5.41, 5.74) is 2.84. The average molecular weight is 599 g/mol. The maximum absolute atomic E-state index is 14.0. The zero-order valence-corrected chi connectivity index (χ0v) is 24.8. The molecule has 1 unspecified atom stereocenters. The first kappa shape index (κ1) is 28.4. The Kier molecular flexibility index (Phi) is 8.90. The van der Waals surface area contributed by atoms with E-state index >= 15 is 0 Å². The number of methoxy groups -OCH3 is 2. The molecule has 1 saturated heterocycles. The Bertz CT molecular complexity index is 1540. The van der Waals surface area contributed by atoms with Gasteiger partial charge in [-0.2, -0.15) is 4.37 Å². The van der Waals surface area contributed by atoms with E-state index < -0.39 is 10.0 Å². The SMILES string of the molecule is COc1ccc(CN(c2ncns2)S(=O)(=O)c2ccc(CN3CCCCC3c3ccccc3)c(Cl)c2)c(OC)c1. The molecule has 0 aliphatic carbocycles. The zero-order valence-electron chi connectivity index (χ0n) is 22.4. The highest BCUT2D eigenvalue weighted by Gasteiger charge is 2.30. The van der Waals surface area contributed by atoms with Crippen molar-refractivity contribution in [3.63, 3.8) is 0 Å². The highest BCUT2D eigenvalue weighted by molar-refractivity contribution is 7.93. The molecule has 1 aromatic heterocycles. The van der Waals surface area contributed by atoms with Crippen molar-refractivity contribution in [1.29, 1.82) is 0 Å². The molecule has 2 heterocycles. The first-order valence-corrected chi connectivity index (χ1v) is 15.6. The van der Waals surface area contributed by atoms with E-state index in [9.17, 15) is 8.42 Å². The third-order valence-electron chi connectivity index (χ3n) is 7.16. The molecule has 3 aromatic carbocycles. The van der Waals surface area contributed by atoms with Crippen LogP contribution in [0.5, 0.6) is 11.5 Å². The van der Waals surface area contributed by atoms with E-state index in [0.717, 1.165) is 36.5 Å². The van der Waals surface area contributed by atoms with Crippen molar-refractivity contribution in [3.05, 3.63) is 94.8 Å². The molecule has 0 saturated carbocycles. The van der Waals surface area contributed by atoms with Crippen molar-refractivity contribution in [2.24, 2.45) is 0 Å². The van der Waals surface area contributed by atoms with Gasteiger partial charge in [0.1, 0.15) is 17.8 Å². The maximum Gasteiger partial charge on any atom is 0.266 e. The number of nitrogens with zero attached hydrogens (tertiary/aromatic N) is 4. The number of hydrogen-bond donors (Lipinski definition) is 0. The molecule has 1 fully saturated rings. The molecule has 1 atom stereocenters. The number of hydrogen-bond acceptors (Lipinski definition) is 8. The van der Waals surface area contributed by atoms with Crippen LogP contribution in [-0.4, -0.2) is 43.4 Å². The first-order valence-electron chi connectivity index (χ1n) is 13.0. The molecule has 5 rings (SSSR count). The molecule has 8 nitrogen and oxygen atoms in total. The van der Waals surface area contributed by atoms with E-state index in [1.54, 1.807) is 31.4 Å². The molecular weight excluding hydrogens is 568 g/mol. The highest BCUT2D eigenvalue weighted by Crippen LogP contribution is 2.35. The van der Waals surface area contributed by atoms with Crippen LogP contribution in [0.3, 0.4) is 0 Å². The number of halogens is 1. The summed E-state index contributed by atoms with van der Waals surface area (Å²) < 4.78 is 44.0. The number of anilines is 1. The molecule has 0 bridgehead atoms. The van der Waals surface area contributed by atoms with Gasteiger partial charge in [0.05, 0.1) is 25.7 Å². The largest absolute Gasteiger partial charge is 0.497 e. The Morgan fingerprint density at radius 2 is 1.82 bits per heavy atom. The molecule has 0 amide bonds. The minimum Gasteiger partial charge on any atom is -0.497 e. The van der Waals surface area contributed by atoms with Crippen LogP contribution < -0.4 is 13.8 Å². The van der Waals surface area contributed by atoms with Gasteiger partial charge in [0, 0.05) is 40.8 Å². The van der Waals surface area contributed by atoms with E-state index in [1.807, 2.05) is 12.1 Å². The van der Waals surface area contributed by atoms with Crippen LogP contribution in [0.1, 0.15) is 42.0 Å². The summed E-state index contributed by atoms with van der Waals surface area (Å²) in [5, 5.41) is 0.662. The number of benzene rings is 3. The van der Waals surface area contributed by atoms with Crippen molar-refractivity contribution >= 4 is 38.3 Å². The molecule has 11 heteroatoms. The molecule has 0 spiro atoms. The van der Waals surface area contributed by atoms with Gasteiger partial charge in [-0.25, -0.2) is 17.7 Å². The van der Waals surface area contributed by atoms with Crippen molar-refractivity contribution in [1.82, 2.24) is 14.3 Å². The van der Waals surface area contributed by atoms with Crippen LogP contribution in [0.4, 0.5) is 5.13 Å². The van der Waals surface area contributed by atoms with Gasteiger partial charge in [0.2, 0.25) is 5.13 Å². The smallest absolute Gasteiger partial charge is 0.266 e. The van der Waals surface area contributed by atoms with Gasteiger partial charge in [-0.05, 0) is 54.8 Å². The van der Waals surface area contributed by atoms with Crippen molar-refractivity contribution in [2.45, 2.75) is 43.3 Å². The molecule has 1 aliphatic rings. The second kappa shape index (κ2) is 12.6. The lowest BCUT2D eigenvalue weighted by Crippen LogP contribution is -2.33. The topological polar surface area (TPSA) is 84.9 Å². The highest BCUT2D eigenvalue weighted by atomic mass is 35.5. The minimum atomic E-state index is -4.03. The molecule has 0 N–H and O–H groups in total. The van der Waals surface area contributed by atoms with Gasteiger partial charge in [0.25, 0.3) is 10.0 Å². The number of aromatic nitrogens is 2. The second-order valence-electron chi connectivity index (χ2n) is 9.56. The summed E-state index contributed by atoms with van der Waals surface area (Å²) in [5.74, 6) is 1.11. The van der Waals surface area contributed by atoms with Crippen molar-refractivity contribution in [3.8, 4) is 11.5 Å². The van der Waals surface area contributed by atoms with Gasteiger partial charge in [-0.3, -0.25) is 4.90 Å². The van der Waals surface area contributed by atoms with Gasteiger partial charge in [-0.1, -0.05) is 54.4 Å². The van der Waals surface area contributed by atoms with Gasteiger partial charge in [0.15, 0.2) is 0 Å². The number of likely N-dealkylation sites (tertiary alicyclic amines) is 1. The Labute approximate surface area is 244 Å².